The second-order valence-corrected chi connectivity index (χ2v) is 3.22. The van der Waals surface area contributed by atoms with E-state index in [1.165, 1.54) is 0 Å². The number of ketones is 1. The van der Waals surface area contributed by atoms with E-state index in [1.54, 1.807) is 18.2 Å². The van der Waals surface area contributed by atoms with Crippen LogP contribution in [0.3, 0.4) is 0 Å². The molecular weight excluding hydrogens is 206 g/mol. The monoisotopic (exact) mass is 213 g/mol. The molecule has 4 nitrogen and oxygen atoms in total. The predicted molar refractivity (Wildman–Crippen MR) is 57.0 cm³/mol. The summed E-state index contributed by atoms with van der Waals surface area (Å²) in [6, 6.07) is 4.82. The van der Waals surface area contributed by atoms with Crippen LogP contribution in [0.25, 0.3) is 0 Å². The summed E-state index contributed by atoms with van der Waals surface area (Å²) < 4.78 is 0. The van der Waals surface area contributed by atoms with Gasteiger partial charge in [-0.3, -0.25) is 9.59 Å². The molecule has 1 N–H and O–H groups in total. The molecule has 78 valence electrons. The fraction of sp³-hybridized carbons (Fsp3) is 0.0833. The molecule has 1 aliphatic rings. The van der Waals surface area contributed by atoms with Crippen LogP contribution in [0.4, 0.5) is 5.69 Å². The molecular formula is C12H7NO3. The molecule has 0 aromatic heterocycles. The van der Waals surface area contributed by atoms with Gasteiger partial charge in [-0.15, -0.1) is 0 Å². The van der Waals surface area contributed by atoms with E-state index in [1.807, 2.05) is 0 Å². The number of hydrogen-bond acceptors (Lipinski definition) is 3. The van der Waals surface area contributed by atoms with Crippen LogP contribution in [0.2, 0.25) is 0 Å². The summed E-state index contributed by atoms with van der Waals surface area (Å²) in [4.78, 5) is 32.4. The fourth-order valence-corrected chi connectivity index (χ4v) is 1.42. The highest BCUT2D eigenvalue weighted by Gasteiger charge is 2.27. The molecule has 0 saturated carbocycles. The maximum absolute atomic E-state index is 11.3. The second-order valence-electron chi connectivity index (χ2n) is 3.22. The lowest BCUT2D eigenvalue weighted by molar-refractivity contribution is -0.112. The molecule has 0 bridgehead atoms. The summed E-state index contributed by atoms with van der Waals surface area (Å²) in [5.41, 5.74) is 1.51. The van der Waals surface area contributed by atoms with Crippen LogP contribution in [0.5, 0.6) is 0 Å². The maximum atomic E-state index is 11.3. The highest BCUT2D eigenvalue weighted by molar-refractivity contribution is 6.51. The number of aldehydes is 1. The lowest BCUT2D eigenvalue weighted by atomic mass is 10.1. The van der Waals surface area contributed by atoms with E-state index in [-0.39, 0.29) is 6.42 Å². The van der Waals surface area contributed by atoms with E-state index in [2.05, 4.69) is 17.2 Å². The number of anilines is 1. The summed E-state index contributed by atoms with van der Waals surface area (Å²) in [7, 11) is 0. The van der Waals surface area contributed by atoms with Gasteiger partial charge in [-0.1, -0.05) is 11.8 Å². The molecule has 1 amide bonds. The Morgan fingerprint density at radius 3 is 2.88 bits per heavy atom. The SMILES string of the molecule is O=CCC#Cc1ccc2c(c1)NC(=O)C2=O. The summed E-state index contributed by atoms with van der Waals surface area (Å²) in [5.74, 6) is 4.27. The van der Waals surface area contributed by atoms with Crippen LogP contribution in [0.15, 0.2) is 18.2 Å². The largest absolute Gasteiger partial charge is 0.318 e. The van der Waals surface area contributed by atoms with Crippen molar-refractivity contribution in [2.75, 3.05) is 5.32 Å². The molecule has 1 heterocycles. The van der Waals surface area contributed by atoms with Crippen molar-refractivity contribution in [3.8, 4) is 11.8 Å². The minimum absolute atomic E-state index is 0.169. The quantitative estimate of drug-likeness (QED) is 0.425. The van der Waals surface area contributed by atoms with E-state index < -0.39 is 11.7 Å². The van der Waals surface area contributed by atoms with Crippen molar-refractivity contribution in [1.82, 2.24) is 0 Å². The molecule has 0 atom stereocenters. The maximum Gasteiger partial charge on any atom is 0.296 e. The first-order valence-corrected chi connectivity index (χ1v) is 4.64. The number of fused-ring (bicyclic) bond motifs is 1. The van der Waals surface area contributed by atoms with Crippen LogP contribution < -0.4 is 5.32 Å². The number of carbonyl (C=O) groups excluding carboxylic acids is 3. The Kier molecular flexibility index (Phi) is 2.52. The summed E-state index contributed by atoms with van der Waals surface area (Å²) >= 11 is 0. The van der Waals surface area contributed by atoms with Gasteiger partial charge in [0.05, 0.1) is 17.7 Å². The van der Waals surface area contributed by atoms with Crippen LogP contribution in [-0.2, 0) is 9.59 Å². The normalized spacial score (nSPS) is 12.5. The first kappa shape index (κ1) is 10.1. The van der Waals surface area contributed by atoms with Crippen LogP contribution in [-0.4, -0.2) is 18.0 Å². The minimum Gasteiger partial charge on any atom is -0.318 e. The Bertz CT molecular complexity index is 549. The number of nitrogens with one attached hydrogen (secondary N) is 1. The van der Waals surface area contributed by atoms with E-state index in [4.69, 9.17) is 0 Å². The Morgan fingerprint density at radius 2 is 2.12 bits per heavy atom. The third-order valence-corrected chi connectivity index (χ3v) is 2.14. The topological polar surface area (TPSA) is 63.2 Å². The zero-order chi connectivity index (χ0) is 11.5. The zero-order valence-corrected chi connectivity index (χ0v) is 8.24. The average molecular weight is 213 g/mol. The third kappa shape index (κ3) is 1.71. The Morgan fingerprint density at radius 1 is 1.31 bits per heavy atom. The molecule has 0 fully saturated rings. The van der Waals surface area contributed by atoms with Gasteiger partial charge in [0.2, 0.25) is 0 Å². The second kappa shape index (κ2) is 3.99. The Balaban J connectivity index is 2.33. The lowest BCUT2D eigenvalue weighted by Crippen LogP contribution is -2.12. The average Bonchev–Trinajstić information content (AvgIpc) is 2.55. The van der Waals surface area contributed by atoms with E-state index in [9.17, 15) is 14.4 Å². The zero-order valence-electron chi connectivity index (χ0n) is 8.24. The van der Waals surface area contributed by atoms with Gasteiger partial charge in [0.1, 0.15) is 6.29 Å². The van der Waals surface area contributed by atoms with Crippen LogP contribution in [0, 0.1) is 11.8 Å². The first-order valence-electron chi connectivity index (χ1n) is 4.64. The molecule has 0 saturated heterocycles. The van der Waals surface area contributed by atoms with Gasteiger partial charge in [0.25, 0.3) is 11.7 Å². The number of Topliss-reactive ketones (excluding diaryl/α,β-unsaturated/α-hetero) is 1. The first-order chi connectivity index (χ1) is 7.72. The number of rotatable bonds is 1. The van der Waals surface area contributed by atoms with Crippen molar-refractivity contribution in [3.63, 3.8) is 0 Å². The number of benzene rings is 1. The molecule has 0 unspecified atom stereocenters. The minimum atomic E-state index is -0.618. The Labute approximate surface area is 91.6 Å². The number of amides is 1. The number of hydrogen-bond donors (Lipinski definition) is 1. The molecule has 16 heavy (non-hydrogen) atoms. The predicted octanol–water partition coefficient (Wildman–Crippen LogP) is 0.762. The van der Waals surface area contributed by atoms with Gasteiger partial charge in [0.15, 0.2) is 0 Å². The summed E-state index contributed by atoms with van der Waals surface area (Å²) in [6.07, 6.45) is 0.883. The molecule has 1 aromatic rings. The molecule has 4 heteroatoms. The molecule has 1 aromatic carbocycles. The van der Waals surface area contributed by atoms with E-state index in [0.29, 0.717) is 23.1 Å². The van der Waals surface area contributed by atoms with Crippen molar-refractivity contribution in [2.24, 2.45) is 0 Å². The van der Waals surface area contributed by atoms with Crippen molar-refractivity contribution >= 4 is 23.7 Å². The summed E-state index contributed by atoms with van der Waals surface area (Å²) in [6.45, 7) is 0. The molecule has 0 radical (unpaired) electrons. The molecule has 0 spiro atoms. The van der Waals surface area contributed by atoms with E-state index in [0.717, 1.165) is 0 Å². The molecule has 1 aliphatic heterocycles. The molecule has 0 aliphatic carbocycles. The highest BCUT2D eigenvalue weighted by atomic mass is 16.2. The molecule has 2 rings (SSSR count). The smallest absolute Gasteiger partial charge is 0.296 e. The van der Waals surface area contributed by atoms with Gasteiger partial charge < -0.3 is 10.1 Å². The Hall–Kier alpha value is -2.41. The number of carbonyl (C=O) groups is 3. The van der Waals surface area contributed by atoms with Crippen molar-refractivity contribution < 1.29 is 14.4 Å². The van der Waals surface area contributed by atoms with Gasteiger partial charge in [-0.25, -0.2) is 0 Å². The summed E-state index contributed by atoms with van der Waals surface area (Å²) in [5, 5.41) is 2.45. The fourth-order valence-electron chi connectivity index (χ4n) is 1.42. The van der Waals surface area contributed by atoms with Crippen LogP contribution in [0.1, 0.15) is 22.3 Å². The highest BCUT2D eigenvalue weighted by Crippen LogP contribution is 2.23. The van der Waals surface area contributed by atoms with Crippen molar-refractivity contribution in [1.29, 1.82) is 0 Å². The van der Waals surface area contributed by atoms with Gasteiger partial charge >= 0.3 is 0 Å². The van der Waals surface area contributed by atoms with Gasteiger partial charge in [-0.2, -0.15) is 0 Å². The third-order valence-electron chi connectivity index (χ3n) is 2.14. The lowest BCUT2D eigenvalue weighted by Gasteiger charge is -1.96. The van der Waals surface area contributed by atoms with Crippen molar-refractivity contribution in [3.05, 3.63) is 29.3 Å². The van der Waals surface area contributed by atoms with Gasteiger partial charge in [-0.05, 0) is 18.2 Å². The van der Waals surface area contributed by atoms with Gasteiger partial charge in [0, 0.05) is 5.56 Å². The van der Waals surface area contributed by atoms with Crippen molar-refractivity contribution in [2.45, 2.75) is 6.42 Å². The van der Waals surface area contributed by atoms with Crippen LogP contribution >= 0.6 is 0 Å². The van der Waals surface area contributed by atoms with E-state index >= 15 is 0 Å². The standard InChI is InChI=1S/C12H7NO3/c14-6-2-1-3-8-4-5-9-10(7-8)13-12(16)11(9)15/h4-7H,2H2,(H,13,15,16).